The maximum absolute atomic E-state index is 11.4. The molecule has 1 atom stereocenters. The predicted octanol–water partition coefficient (Wildman–Crippen LogP) is -0.531. The molecule has 4 nitrogen and oxygen atoms in total. The van der Waals surface area contributed by atoms with Gasteiger partial charge in [0.1, 0.15) is 0 Å². The maximum atomic E-state index is 11.4. The van der Waals surface area contributed by atoms with Gasteiger partial charge in [0.25, 0.3) is 0 Å². The van der Waals surface area contributed by atoms with E-state index in [9.17, 15) is 8.42 Å². The molecule has 2 aliphatic rings. The van der Waals surface area contributed by atoms with E-state index in [1.807, 2.05) is 0 Å². The van der Waals surface area contributed by atoms with Crippen LogP contribution < -0.4 is 5.32 Å². The summed E-state index contributed by atoms with van der Waals surface area (Å²) >= 11 is 0. The molecule has 2 saturated heterocycles. The molecule has 2 fully saturated rings. The summed E-state index contributed by atoms with van der Waals surface area (Å²) in [4.78, 5) is 2.36. The van der Waals surface area contributed by atoms with Crippen molar-refractivity contribution in [3.63, 3.8) is 0 Å². The van der Waals surface area contributed by atoms with Crippen LogP contribution in [0, 0.1) is 0 Å². The van der Waals surface area contributed by atoms with Gasteiger partial charge in [-0.1, -0.05) is 0 Å². The van der Waals surface area contributed by atoms with Crippen LogP contribution in [0.15, 0.2) is 0 Å². The van der Waals surface area contributed by atoms with E-state index in [0.29, 0.717) is 18.1 Å². The highest BCUT2D eigenvalue weighted by molar-refractivity contribution is 7.91. The summed E-state index contributed by atoms with van der Waals surface area (Å²) in [7, 11) is -2.76. The average molecular weight is 218 g/mol. The summed E-state index contributed by atoms with van der Waals surface area (Å²) < 4.78 is 22.8. The highest BCUT2D eigenvalue weighted by Crippen LogP contribution is 2.10. The van der Waals surface area contributed by atoms with Crippen LogP contribution in [0.1, 0.15) is 12.8 Å². The smallest absolute Gasteiger partial charge is 0.153 e. The number of hydrogen-bond donors (Lipinski definition) is 1. The fourth-order valence-electron chi connectivity index (χ4n) is 2.26. The number of nitrogens with zero attached hydrogens (tertiary/aromatic N) is 1. The molecule has 0 spiro atoms. The molecular weight excluding hydrogens is 200 g/mol. The lowest BCUT2D eigenvalue weighted by molar-refractivity contribution is 0.299. The third-order valence-electron chi connectivity index (χ3n) is 2.98. The van der Waals surface area contributed by atoms with Crippen LogP contribution in [0.3, 0.4) is 0 Å². The standard InChI is InChI=1S/C9H18N2O2S/c12-14(13)6-3-10-9(8-14)7-11-4-1-2-5-11/h9-10H,1-8H2. The fourth-order valence-corrected chi connectivity index (χ4v) is 3.69. The van der Waals surface area contributed by atoms with Gasteiger partial charge in [-0.05, 0) is 25.9 Å². The Hall–Kier alpha value is -0.130. The largest absolute Gasteiger partial charge is 0.311 e. The molecule has 1 N–H and O–H groups in total. The third kappa shape index (κ3) is 2.68. The minimum absolute atomic E-state index is 0.159. The lowest BCUT2D eigenvalue weighted by Crippen LogP contribution is -2.50. The first-order valence-corrected chi connectivity index (χ1v) is 7.14. The van der Waals surface area contributed by atoms with E-state index in [1.165, 1.54) is 12.8 Å². The van der Waals surface area contributed by atoms with Crippen molar-refractivity contribution in [2.75, 3.05) is 37.7 Å². The van der Waals surface area contributed by atoms with Crippen LogP contribution in [0.4, 0.5) is 0 Å². The summed E-state index contributed by atoms with van der Waals surface area (Å²) in [6, 6.07) is 0.159. The van der Waals surface area contributed by atoms with E-state index >= 15 is 0 Å². The fraction of sp³-hybridized carbons (Fsp3) is 1.00. The van der Waals surface area contributed by atoms with E-state index in [4.69, 9.17) is 0 Å². The molecule has 0 aliphatic carbocycles. The van der Waals surface area contributed by atoms with Gasteiger partial charge in [0.2, 0.25) is 0 Å². The Kier molecular flexibility index (Phi) is 3.09. The summed E-state index contributed by atoms with van der Waals surface area (Å²) in [5.74, 6) is 0.632. The molecule has 0 radical (unpaired) electrons. The molecule has 0 bridgehead atoms. The van der Waals surface area contributed by atoms with E-state index in [1.54, 1.807) is 0 Å². The van der Waals surface area contributed by atoms with Crippen LogP contribution in [0.25, 0.3) is 0 Å². The Morgan fingerprint density at radius 2 is 2.00 bits per heavy atom. The van der Waals surface area contributed by atoms with Gasteiger partial charge in [-0.3, -0.25) is 0 Å². The molecule has 0 saturated carbocycles. The summed E-state index contributed by atoms with van der Waals surface area (Å²) in [5, 5.41) is 3.28. The van der Waals surface area contributed by atoms with Gasteiger partial charge in [-0.15, -0.1) is 0 Å². The maximum Gasteiger partial charge on any atom is 0.153 e. The number of rotatable bonds is 2. The quantitative estimate of drug-likeness (QED) is 0.677. The number of sulfone groups is 1. The van der Waals surface area contributed by atoms with Crippen molar-refractivity contribution < 1.29 is 8.42 Å². The number of likely N-dealkylation sites (tertiary alicyclic amines) is 1. The lowest BCUT2D eigenvalue weighted by atomic mass is 10.3. The molecule has 2 aliphatic heterocycles. The molecule has 0 aromatic carbocycles. The molecule has 2 rings (SSSR count). The number of hydrogen-bond acceptors (Lipinski definition) is 4. The van der Waals surface area contributed by atoms with Gasteiger partial charge >= 0.3 is 0 Å². The Balaban J connectivity index is 1.85. The SMILES string of the molecule is O=S1(=O)CCNC(CN2CCCC2)C1. The monoisotopic (exact) mass is 218 g/mol. The number of nitrogens with one attached hydrogen (secondary N) is 1. The lowest BCUT2D eigenvalue weighted by Gasteiger charge is -2.27. The minimum Gasteiger partial charge on any atom is -0.311 e. The first-order chi connectivity index (χ1) is 6.66. The molecule has 2 heterocycles. The summed E-state index contributed by atoms with van der Waals surface area (Å²) in [6.45, 7) is 3.80. The van der Waals surface area contributed by atoms with Crippen LogP contribution >= 0.6 is 0 Å². The van der Waals surface area contributed by atoms with Crippen molar-refractivity contribution >= 4 is 9.84 Å². The van der Waals surface area contributed by atoms with E-state index in [2.05, 4.69) is 10.2 Å². The molecular formula is C9H18N2O2S. The topological polar surface area (TPSA) is 49.4 Å². The zero-order chi connectivity index (χ0) is 10.0. The third-order valence-corrected chi connectivity index (χ3v) is 4.71. The molecule has 0 amide bonds. The highest BCUT2D eigenvalue weighted by Gasteiger charge is 2.26. The Morgan fingerprint density at radius 1 is 1.29 bits per heavy atom. The second kappa shape index (κ2) is 4.16. The van der Waals surface area contributed by atoms with E-state index < -0.39 is 9.84 Å². The average Bonchev–Trinajstić information content (AvgIpc) is 2.54. The predicted molar refractivity (Wildman–Crippen MR) is 56.1 cm³/mol. The summed E-state index contributed by atoms with van der Waals surface area (Å²) in [5.41, 5.74) is 0. The molecule has 1 unspecified atom stereocenters. The van der Waals surface area contributed by atoms with Crippen LogP contribution in [-0.2, 0) is 9.84 Å². The van der Waals surface area contributed by atoms with Crippen LogP contribution in [0.5, 0.6) is 0 Å². The summed E-state index contributed by atoms with van der Waals surface area (Å²) in [6.07, 6.45) is 2.53. The minimum atomic E-state index is -2.76. The van der Waals surface area contributed by atoms with Crippen molar-refractivity contribution in [2.45, 2.75) is 18.9 Å². The van der Waals surface area contributed by atoms with Crippen molar-refractivity contribution in [3.05, 3.63) is 0 Å². The van der Waals surface area contributed by atoms with Gasteiger partial charge in [0.05, 0.1) is 11.5 Å². The zero-order valence-electron chi connectivity index (χ0n) is 8.41. The van der Waals surface area contributed by atoms with E-state index in [-0.39, 0.29) is 6.04 Å². The van der Waals surface area contributed by atoms with Gasteiger partial charge in [0, 0.05) is 19.1 Å². The normalized spacial score (nSPS) is 33.3. The first-order valence-electron chi connectivity index (χ1n) is 5.32. The second-order valence-electron chi connectivity index (χ2n) is 4.27. The van der Waals surface area contributed by atoms with Gasteiger partial charge < -0.3 is 10.2 Å². The molecule has 0 aromatic rings. The van der Waals surface area contributed by atoms with Crippen molar-refractivity contribution in [3.8, 4) is 0 Å². The van der Waals surface area contributed by atoms with Gasteiger partial charge in [-0.2, -0.15) is 0 Å². The Bertz CT molecular complexity index is 283. The van der Waals surface area contributed by atoms with Crippen molar-refractivity contribution in [1.82, 2.24) is 10.2 Å². The molecule has 0 aromatic heterocycles. The van der Waals surface area contributed by atoms with Crippen molar-refractivity contribution in [2.24, 2.45) is 0 Å². The Morgan fingerprint density at radius 3 is 2.64 bits per heavy atom. The van der Waals surface area contributed by atoms with Crippen molar-refractivity contribution in [1.29, 1.82) is 0 Å². The second-order valence-corrected chi connectivity index (χ2v) is 6.50. The molecule has 5 heteroatoms. The van der Waals surface area contributed by atoms with Crippen LogP contribution in [-0.4, -0.2) is 57.0 Å². The van der Waals surface area contributed by atoms with Gasteiger partial charge in [0.15, 0.2) is 9.84 Å². The Labute approximate surface area is 85.6 Å². The molecule has 82 valence electrons. The highest BCUT2D eigenvalue weighted by atomic mass is 32.2. The van der Waals surface area contributed by atoms with Crippen LogP contribution in [0.2, 0.25) is 0 Å². The zero-order valence-corrected chi connectivity index (χ0v) is 9.22. The molecule has 14 heavy (non-hydrogen) atoms. The van der Waals surface area contributed by atoms with Gasteiger partial charge in [-0.25, -0.2) is 8.42 Å². The van der Waals surface area contributed by atoms with E-state index in [0.717, 1.165) is 19.6 Å². The first kappa shape index (κ1) is 10.4.